The van der Waals surface area contributed by atoms with Gasteiger partial charge in [0, 0.05) is 36.6 Å². The van der Waals surface area contributed by atoms with Crippen molar-refractivity contribution in [2.24, 2.45) is 0 Å². The molecular weight excluding hydrogens is 687 g/mol. The van der Waals surface area contributed by atoms with Crippen molar-refractivity contribution in [2.75, 3.05) is 0 Å². The summed E-state index contributed by atoms with van der Waals surface area (Å²) in [5, 5.41) is 11.6. The molecular formula is C28H13F6IrN2O-. The predicted molar refractivity (Wildman–Crippen MR) is 127 cm³/mol. The van der Waals surface area contributed by atoms with E-state index >= 15 is 0 Å². The van der Waals surface area contributed by atoms with E-state index in [1.807, 2.05) is 30.3 Å². The second-order valence-electron chi connectivity index (χ2n) is 8.45. The number of hydrogen-bond donors (Lipinski definition) is 0. The van der Waals surface area contributed by atoms with Crippen molar-refractivity contribution in [3.8, 4) is 22.7 Å². The molecule has 0 N–H and O–H groups in total. The second-order valence-corrected chi connectivity index (χ2v) is 8.45. The van der Waals surface area contributed by atoms with Crippen LogP contribution in [0.1, 0.15) is 11.1 Å². The number of nitrogens with zero attached hydrogens (tertiary/aromatic N) is 2. The van der Waals surface area contributed by atoms with Crippen molar-refractivity contribution in [1.82, 2.24) is 10.2 Å². The number of para-hydroxylation sites is 1. The molecule has 6 rings (SSSR count). The molecule has 0 fully saturated rings. The molecule has 0 bridgehead atoms. The quantitative estimate of drug-likeness (QED) is 0.103. The molecule has 0 aliphatic heterocycles. The normalized spacial score (nSPS) is 12.3. The van der Waals surface area contributed by atoms with Gasteiger partial charge in [-0.05, 0) is 34.4 Å². The first-order valence-electron chi connectivity index (χ1n) is 11.0. The van der Waals surface area contributed by atoms with Gasteiger partial charge in [0.1, 0.15) is 0 Å². The molecule has 0 aliphatic rings. The number of rotatable bonds is 2. The van der Waals surface area contributed by atoms with Crippen molar-refractivity contribution in [1.29, 1.82) is 0 Å². The summed E-state index contributed by atoms with van der Waals surface area (Å²) in [7, 11) is 0. The maximum Gasteiger partial charge on any atom is 0.417 e. The topological polar surface area (TPSA) is 38.9 Å². The Bertz CT molecular complexity index is 1790. The van der Waals surface area contributed by atoms with Crippen molar-refractivity contribution in [3.05, 3.63) is 96.1 Å². The summed E-state index contributed by atoms with van der Waals surface area (Å²) in [5.41, 5.74) is -2.81. The van der Waals surface area contributed by atoms with E-state index in [-0.39, 0.29) is 37.1 Å². The average molecular weight is 700 g/mol. The Hall–Kier alpha value is -3.75. The molecule has 0 aliphatic carbocycles. The molecule has 0 amide bonds. The number of furan rings is 1. The van der Waals surface area contributed by atoms with Crippen molar-refractivity contribution < 1.29 is 50.9 Å². The molecule has 0 unspecified atom stereocenters. The molecule has 2 heterocycles. The fourth-order valence-electron chi connectivity index (χ4n) is 4.42. The van der Waals surface area contributed by atoms with Gasteiger partial charge in [-0.2, -0.15) is 36.5 Å². The second kappa shape index (κ2) is 9.22. The Morgan fingerprint density at radius 3 is 1.84 bits per heavy atom. The van der Waals surface area contributed by atoms with Gasteiger partial charge >= 0.3 is 12.4 Å². The van der Waals surface area contributed by atoms with Gasteiger partial charge in [0.15, 0.2) is 0 Å². The van der Waals surface area contributed by atoms with Gasteiger partial charge in [-0.1, -0.05) is 54.6 Å². The third-order valence-electron chi connectivity index (χ3n) is 6.11. The van der Waals surface area contributed by atoms with Crippen molar-refractivity contribution in [3.63, 3.8) is 0 Å². The summed E-state index contributed by atoms with van der Waals surface area (Å²) >= 11 is 0. The van der Waals surface area contributed by atoms with E-state index in [0.29, 0.717) is 39.6 Å². The van der Waals surface area contributed by atoms with Crippen LogP contribution in [0.2, 0.25) is 0 Å². The molecule has 10 heteroatoms. The van der Waals surface area contributed by atoms with Crippen LogP contribution in [0.5, 0.6) is 0 Å². The van der Waals surface area contributed by atoms with Gasteiger partial charge in [0.2, 0.25) is 0 Å². The van der Waals surface area contributed by atoms with E-state index in [1.54, 1.807) is 30.3 Å². The molecule has 0 saturated heterocycles. The van der Waals surface area contributed by atoms with Crippen LogP contribution in [0.4, 0.5) is 26.3 Å². The van der Waals surface area contributed by atoms with Crippen LogP contribution in [0.25, 0.3) is 55.2 Å². The Balaban J connectivity index is 0.00000294. The molecule has 4 aromatic carbocycles. The smallest absolute Gasteiger partial charge is 0.417 e. The maximum atomic E-state index is 13.6. The Labute approximate surface area is 224 Å². The molecule has 38 heavy (non-hydrogen) atoms. The van der Waals surface area contributed by atoms with Gasteiger partial charge in [0.25, 0.3) is 0 Å². The number of hydrogen-bond acceptors (Lipinski definition) is 3. The fraction of sp³-hybridized carbons (Fsp3) is 0.0714. The number of benzene rings is 4. The Morgan fingerprint density at radius 1 is 0.632 bits per heavy atom. The molecule has 0 atom stereocenters. The molecule has 2 aromatic heterocycles. The summed E-state index contributed by atoms with van der Waals surface area (Å²) in [6, 6.07) is 23.0. The molecule has 193 valence electrons. The molecule has 0 saturated carbocycles. The van der Waals surface area contributed by atoms with Gasteiger partial charge in [-0.25, -0.2) is 0 Å². The van der Waals surface area contributed by atoms with Crippen LogP contribution in [0, 0.1) is 6.07 Å². The zero-order chi connectivity index (χ0) is 25.9. The first-order chi connectivity index (χ1) is 17.6. The van der Waals surface area contributed by atoms with Crippen molar-refractivity contribution in [2.45, 2.75) is 12.4 Å². The minimum Gasteiger partial charge on any atom is -0.518 e. The minimum atomic E-state index is -5.22. The van der Waals surface area contributed by atoms with Crippen LogP contribution in [-0.4, -0.2) is 10.2 Å². The largest absolute Gasteiger partial charge is 0.518 e. The van der Waals surface area contributed by atoms with Gasteiger partial charge in [-0.3, -0.25) is 0 Å². The summed E-state index contributed by atoms with van der Waals surface area (Å²) in [6.07, 6.45) is -10.4. The Kier molecular flexibility index (Phi) is 6.28. The standard InChI is InChI=1S/C28H13F6N2O.Ir/c29-27(30,31)21-10-9-18(13-22(21)28(32,33)34)25-19-11-15-5-1-2-6-16(15)12-20(19)26(36-35-25)24-14-17-7-3-4-8-23(17)37-24;/h1-13H;/q-1;. The third-order valence-corrected chi connectivity index (χ3v) is 6.11. The minimum absolute atomic E-state index is 0. The fourth-order valence-corrected chi connectivity index (χ4v) is 4.42. The predicted octanol–water partition coefficient (Wildman–Crippen LogP) is 8.70. The Morgan fingerprint density at radius 2 is 1.21 bits per heavy atom. The van der Waals surface area contributed by atoms with Crippen LogP contribution in [-0.2, 0) is 32.5 Å². The maximum absolute atomic E-state index is 13.6. The van der Waals surface area contributed by atoms with Gasteiger partial charge in [0.05, 0.1) is 28.3 Å². The van der Waals surface area contributed by atoms with Crippen LogP contribution in [0.15, 0.2) is 83.3 Å². The van der Waals surface area contributed by atoms with Crippen LogP contribution >= 0.6 is 0 Å². The van der Waals surface area contributed by atoms with Gasteiger partial charge in [-0.15, -0.1) is 17.5 Å². The first kappa shape index (κ1) is 25.9. The summed E-state index contributed by atoms with van der Waals surface area (Å²) in [6.45, 7) is 0. The van der Waals surface area contributed by atoms with E-state index in [9.17, 15) is 26.3 Å². The first-order valence-corrected chi connectivity index (χ1v) is 11.0. The van der Waals surface area contributed by atoms with E-state index in [4.69, 9.17) is 4.42 Å². The molecule has 6 aromatic rings. The monoisotopic (exact) mass is 700 g/mol. The van der Waals surface area contributed by atoms with Gasteiger partial charge < -0.3 is 4.42 Å². The third kappa shape index (κ3) is 4.44. The zero-order valence-corrected chi connectivity index (χ0v) is 21.3. The number of fused-ring (bicyclic) bond motifs is 3. The summed E-state index contributed by atoms with van der Waals surface area (Å²) < 4.78 is 86.8. The molecule has 3 nitrogen and oxygen atoms in total. The van der Waals surface area contributed by atoms with Crippen LogP contribution < -0.4 is 0 Å². The van der Waals surface area contributed by atoms with E-state index in [0.717, 1.165) is 16.8 Å². The van der Waals surface area contributed by atoms with Crippen LogP contribution in [0.3, 0.4) is 0 Å². The summed E-state index contributed by atoms with van der Waals surface area (Å²) in [5.74, 6) is 0.281. The van der Waals surface area contributed by atoms with E-state index in [2.05, 4.69) is 16.3 Å². The zero-order valence-electron chi connectivity index (χ0n) is 18.9. The number of alkyl halides is 6. The SMILES string of the molecule is FC(F)(F)c1ccc(-c2nnc(-c3[c-]c4ccccc4o3)c3cc4ccccc4cc23)cc1C(F)(F)F.[Ir]. The average Bonchev–Trinajstić information content (AvgIpc) is 3.29. The molecule has 1 radical (unpaired) electrons. The number of aromatic nitrogens is 2. The number of halogens is 6. The van der Waals surface area contributed by atoms with E-state index < -0.39 is 23.5 Å². The van der Waals surface area contributed by atoms with Crippen molar-refractivity contribution >= 4 is 32.5 Å². The summed E-state index contributed by atoms with van der Waals surface area (Å²) in [4.78, 5) is 0. The van der Waals surface area contributed by atoms with E-state index in [1.165, 1.54) is 0 Å². The molecule has 0 spiro atoms.